The number of piperidine rings is 1. The number of amides is 2. The van der Waals surface area contributed by atoms with Gasteiger partial charge >= 0.3 is 0 Å². The summed E-state index contributed by atoms with van der Waals surface area (Å²) < 4.78 is 0. The van der Waals surface area contributed by atoms with Gasteiger partial charge < -0.3 is 16.0 Å². The number of fused-ring (bicyclic) bond motifs is 2. The van der Waals surface area contributed by atoms with Crippen LogP contribution in [0.3, 0.4) is 0 Å². The number of nitrogens with one attached hydrogen (secondary N) is 3. The first-order valence-electron chi connectivity index (χ1n) is 9.49. The molecule has 1 aromatic carbocycles. The molecule has 3 rings (SSSR count). The first-order chi connectivity index (χ1) is 12.1. The zero-order chi connectivity index (χ0) is 17.8. The van der Waals surface area contributed by atoms with Crippen LogP contribution in [0.1, 0.15) is 56.3 Å². The summed E-state index contributed by atoms with van der Waals surface area (Å²) in [7, 11) is 0. The van der Waals surface area contributed by atoms with E-state index in [1.807, 2.05) is 32.0 Å². The second-order valence-electron chi connectivity index (χ2n) is 7.52. The van der Waals surface area contributed by atoms with Gasteiger partial charge in [0.25, 0.3) is 5.91 Å². The van der Waals surface area contributed by atoms with Crippen LogP contribution in [0.25, 0.3) is 0 Å². The highest BCUT2D eigenvalue weighted by Gasteiger charge is 2.35. The topological polar surface area (TPSA) is 70.2 Å². The van der Waals surface area contributed by atoms with Crippen molar-refractivity contribution >= 4 is 11.8 Å². The molecule has 2 fully saturated rings. The van der Waals surface area contributed by atoms with Gasteiger partial charge in [0.2, 0.25) is 5.91 Å². The van der Waals surface area contributed by atoms with E-state index in [9.17, 15) is 9.59 Å². The monoisotopic (exact) mass is 343 g/mol. The number of benzene rings is 1. The second-order valence-corrected chi connectivity index (χ2v) is 7.52. The van der Waals surface area contributed by atoms with Gasteiger partial charge in [-0.15, -0.1) is 0 Å². The van der Waals surface area contributed by atoms with Crippen molar-refractivity contribution in [3.63, 3.8) is 0 Å². The third-order valence-corrected chi connectivity index (χ3v) is 5.64. The molecule has 4 atom stereocenters. The number of rotatable bonds is 6. The first-order valence-corrected chi connectivity index (χ1v) is 9.49. The van der Waals surface area contributed by atoms with Crippen molar-refractivity contribution in [3.05, 3.63) is 35.9 Å². The van der Waals surface area contributed by atoms with Gasteiger partial charge in [-0.2, -0.15) is 0 Å². The van der Waals surface area contributed by atoms with Crippen molar-refractivity contribution in [2.24, 2.45) is 5.92 Å². The normalized spacial score (nSPS) is 27.4. The second kappa shape index (κ2) is 8.00. The first kappa shape index (κ1) is 17.9. The maximum absolute atomic E-state index is 12.9. The van der Waals surface area contributed by atoms with E-state index in [0.717, 1.165) is 19.3 Å². The highest BCUT2D eigenvalue weighted by molar-refractivity contribution is 5.97. The van der Waals surface area contributed by atoms with Crippen molar-refractivity contribution in [1.29, 1.82) is 0 Å². The molecule has 2 saturated heterocycles. The van der Waals surface area contributed by atoms with Gasteiger partial charge in [0.05, 0.1) is 0 Å². The lowest BCUT2D eigenvalue weighted by Gasteiger charge is -2.32. The Labute approximate surface area is 150 Å². The Balaban J connectivity index is 1.63. The lowest BCUT2D eigenvalue weighted by Crippen LogP contribution is -2.55. The van der Waals surface area contributed by atoms with Gasteiger partial charge in [-0.3, -0.25) is 9.59 Å². The number of hydrogen-bond donors (Lipinski definition) is 3. The van der Waals surface area contributed by atoms with E-state index in [-0.39, 0.29) is 23.8 Å². The van der Waals surface area contributed by atoms with Crippen LogP contribution in [0.2, 0.25) is 0 Å². The average molecular weight is 343 g/mol. The van der Waals surface area contributed by atoms with E-state index < -0.39 is 6.04 Å². The molecule has 0 radical (unpaired) electrons. The Morgan fingerprint density at radius 1 is 1.16 bits per heavy atom. The van der Waals surface area contributed by atoms with Crippen LogP contribution in [-0.2, 0) is 4.79 Å². The fraction of sp³-hybridized carbons (Fsp3) is 0.600. The molecule has 2 aliphatic heterocycles. The van der Waals surface area contributed by atoms with Crippen LogP contribution in [-0.4, -0.2) is 36.0 Å². The van der Waals surface area contributed by atoms with E-state index in [0.29, 0.717) is 17.6 Å². The van der Waals surface area contributed by atoms with Gasteiger partial charge in [-0.25, -0.2) is 0 Å². The Morgan fingerprint density at radius 2 is 1.80 bits per heavy atom. The van der Waals surface area contributed by atoms with Gasteiger partial charge in [0.1, 0.15) is 6.04 Å². The Bertz CT molecular complexity index is 592. The number of carbonyl (C=O) groups excluding carboxylic acids is 2. The fourth-order valence-corrected chi connectivity index (χ4v) is 3.98. The minimum atomic E-state index is -0.495. The number of carbonyl (C=O) groups is 2. The Hall–Kier alpha value is -1.88. The molecule has 1 aromatic rings. The van der Waals surface area contributed by atoms with Gasteiger partial charge in [0, 0.05) is 23.7 Å². The van der Waals surface area contributed by atoms with Crippen molar-refractivity contribution in [1.82, 2.24) is 16.0 Å². The van der Waals surface area contributed by atoms with E-state index >= 15 is 0 Å². The maximum Gasteiger partial charge on any atom is 0.251 e. The largest absolute Gasteiger partial charge is 0.351 e. The molecule has 2 aliphatic rings. The minimum absolute atomic E-state index is 0.0510. The van der Waals surface area contributed by atoms with Gasteiger partial charge in [-0.05, 0) is 43.7 Å². The summed E-state index contributed by atoms with van der Waals surface area (Å²) in [5, 5.41) is 9.73. The summed E-state index contributed by atoms with van der Waals surface area (Å²) in [6, 6.07) is 9.86. The molecule has 25 heavy (non-hydrogen) atoms. The highest BCUT2D eigenvalue weighted by Crippen LogP contribution is 2.27. The predicted molar refractivity (Wildman–Crippen MR) is 98.3 cm³/mol. The van der Waals surface area contributed by atoms with Crippen molar-refractivity contribution in [3.8, 4) is 0 Å². The zero-order valence-corrected chi connectivity index (χ0v) is 15.1. The predicted octanol–water partition coefficient (Wildman–Crippen LogP) is 2.23. The third kappa shape index (κ3) is 4.40. The summed E-state index contributed by atoms with van der Waals surface area (Å²) in [4.78, 5) is 25.4. The molecule has 0 aromatic heterocycles. The molecule has 2 amide bonds. The van der Waals surface area contributed by atoms with E-state index in [1.165, 1.54) is 12.8 Å². The standard InChI is InChI=1S/C20H29N3O2/c1-3-13(2)18(23-19(24)14-7-5-4-6-8-14)20(25)22-17-11-15-9-10-16(12-17)21-15/h4-8,13,15-18,21H,3,9-12H2,1-2H3,(H,22,25)(H,23,24). The summed E-state index contributed by atoms with van der Waals surface area (Å²) in [5.41, 5.74) is 0.587. The SMILES string of the molecule is CCC(C)C(NC(=O)c1ccccc1)C(=O)NC1CC2CCC(C1)N2. The Kier molecular flexibility index (Phi) is 5.74. The van der Waals surface area contributed by atoms with Crippen LogP contribution < -0.4 is 16.0 Å². The van der Waals surface area contributed by atoms with E-state index in [2.05, 4.69) is 16.0 Å². The molecular formula is C20H29N3O2. The van der Waals surface area contributed by atoms with Crippen LogP contribution in [0.15, 0.2) is 30.3 Å². The zero-order valence-electron chi connectivity index (χ0n) is 15.1. The summed E-state index contributed by atoms with van der Waals surface area (Å²) in [6.07, 6.45) is 5.22. The van der Waals surface area contributed by atoms with Crippen LogP contribution in [0.4, 0.5) is 0 Å². The molecule has 5 nitrogen and oxygen atoms in total. The molecule has 0 saturated carbocycles. The summed E-state index contributed by atoms with van der Waals surface area (Å²) in [6.45, 7) is 4.06. The summed E-state index contributed by atoms with van der Waals surface area (Å²) in [5.74, 6) is -0.150. The van der Waals surface area contributed by atoms with E-state index in [1.54, 1.807) is 12.1 Å². The quantitative estimate of drug-likeness (QED) is 0.742. The molecular weight excluding hydrogens is 314 g/mol. The fourth-order valence-electron chi connectivity index (χ4n) is 3.98. The third-order valence-electron chi connectivity index (χ3n) is 5.64. The molecule has 4 unspecified atom stereocenters. The molecule has 5 heteroatoms. The minimum Gasteiger partial charge on any atom is -0.351 e. The molecule has 3 N–H and O–H groups in total. The molecule has 0 spiro atoms. The van der Waals surface area contributed by atoms with E-state index in [4.69, 9.17) is 0 Å². The van der Waals surface area contributed by atoms with Crippen LogP contribution in [0, 0.1) is 5.92 Å². The number of hydrogen-bond acceptors (Lipinski definition) is 3. The lowest BCUT2D eigenvalue weighted by atomic mass is 9.95. The van der Waals surface area contributed by atoms with Crippen molar-refractivity contribution in [2.45, 2.75) is 70.1 Å². The van der Waals surface area contributed by atoms with Crippen LogP contribution in [0.5, 0.6) is 0 Å². The van der Waals surface area contributed by atoms with Crippen LogP contribution >= 0.6 is 0 Å². The molecule has 2 bridgehead atoms. The molecule has 2 heterocycles. The van der Waals surface area contributed by atoms with Gasteiger partial charge in [-0.1, -0.05) is 38.5 Å². The Morgan fingerprint density at radius 3 is 2.40 bits per heavy atom. The molecule has 136 valence electrons. The van der Waals surface area contributed by atoms with Crippen molar-refractivity contribution in [2.75, 3.05) is 0 Å². The lowest BCUT2D eigenvalue weighted by molar-refractivity contribution is -0.125. The van der Waals surface area contributed by atoms with Crippen molar-refractivity contribution < 1.29 is 9.59 Å². The maximum atomic E-state index is 12.9. The van der Waals surface area contributed by atoms with Gasteiger partial charge in [0.15, 0.2) is 0 Å². The molecule has 0 aliphatic carbocycles. The smallest absolute Gasteiger partial charge is 0.251 e. The highest BCUT2D eigenvalue weighted by atomic mass is 16.2. The summed E-state index contributed by atoms with van der Waals surface area (Å²) >= 11 is 0. The average Bonchev–Trinajstić information content (AvgIpc) is 2.97.